The van der Waals surface area contributed by atoms with Gasteiger partial charge in [-0.05, 0) is 48.6 Å². The molecule has 0 bridgehead atoms. The van der Waals surface area contributed by atoms with E-state index in [0.29, 0.717) is 19.2 Å². The molecule has 146 valence electrons. The van der Waals surface area contributed by atoms with Crippen molar-refractivity contribution in [1.29, 1.82) is 0 Å². The monoisotopic (exact) mass is 375 g/mol. The largest absolute Gasteiger partial charge is 0.489 e. The van der Waals surface area contributed by atoms with E-state index in [9.17, 15) is 5.11 Å². The molecule has 0 radical (unpaired) electrons. The number of hydrogen-bond acceptors (Lipinski definition) is 3. The van der Waals surface area contributed by atoms with E-state index in [1.54, 1.807) is 0 Å². The van der Waals surface area contributed by atoms with Crippen LogP contribution in [-0.4, -0.2) is 17.7 Å². The molecule has 0 aromatic heterocycles. The van der Waals surface area contributed by atoms with E-state index in [1.165, 1.54) is 11.1 Å². The number of aryl methyl sites for hydroxylation is 1. The molecule has 3 aromatic rings. The van der Waals surface area contributed by atoms with Gasteiger partial charge < -0.3 is 15.2 Å². The Morgan fingerprint density at radius 1 is 0.821 bits per heavy atom. The predicted octanol–water partition coefficient (Wildman–Crippen LogP) is 4.91. The van der Waals surface area contributed by atoms with E-state index in [0.717, 1.165) is 24.2 Å². The Bertz CT molecular complexity index is 803. The van der Waals surface area contributed by atoms with Gasteiger partial charge in [0.25, 0.3) is 0 Å². The average molecular weight is 376 g/mol. The lowest BCUT2D eigenvalue weighted by Crippen LogP contribution is -2.30. The molecule has 28 heavy (non-hydrogen) atoms. The molecule has 1 unspecified atom stereocenters. The topological polar surface area (TPSA) is 41.5 Å². The first-order valence-corrected chi connectivity index (χ1v) is 9.93. The van der Waals surface area contributed by atoms with Crippen molar-refractivity contribution < 1.29 is 9.84 Å². The van der Waals surface area contributed by atoms with Gasteiger partial charge in [-0.2, -0.15) is 0 Å². The highest BCUT2D eigenvalue weighted by molar-refractivity contribution is 5.28. The van der Waals surface area contributed by atoms with Gasteiger partial charge in [-0.15, -0.1) is 0 Å². The van der Waals surface area contributed by atoms with Crippen LogP contribution in [0.2, 0.25) is 0 Å². The summed E-state index contributed by atoms with van der Waals surface area (Å²) in [6.45, 7) is 3.32. The third-order valence-corrected chi connectivity index (χ3v) is 4.88. The third-order valence-electron chi connectivity index (χ3n) is 4.88. The highest BCUT2D eigenvalue weighted by Gasteiger charge is 2.09. The highest BCUT2D eigenvalue weighted by atomic mass is 16.5. The molecule has 3 nitrogen and oxygen atoms in total. The van der Waals surface area contributed by atoms with Crippen LogP contribution in [0.4, 0.5) is 0 Å². The fraction of sp³-hybridized carbons (Fsp3) is 0.280. The summed E-state index contributed by atoms with van der Waals surface area (Å²) in [5, 5.41) is 13.7. The van der Waals surface area contributed by atoms with Gasteiger partial charge in [-0.3, -0.25) is 0 Å². The van der Waals surface area contributed by atoms with Gasteiger partial charge in [0.15, 0.2) is 0 Å². The highest BCUT2D eigenvalue weighted by Crippen LogP contribution is 2.16. The number of hydrogen-bond donors (Lipinski definition) is 2. The normalized spacial score (nSPS) is 13.1. The number of aliphatic hydroxyl groups is 1. The molecule has 0 saturated carbocycles. The molecular formula is C25H29NO2. The maximum absolute atomic E-state index is 10.2. The molecule has 0 heterocycles. The minimum absolute atomic E-state index is 0.340. The number of ether oxygens (including phenoxy) is 1. The minimum Gasteiger partial charge on any atom is -0.489 e. The predicted molar refractivity (Wildman–Crippen MR) is 114 cm³/mol. The minimum atomic E-state index is -0.468. The standard InChI is InChI=1S/C25H29NO2/c1-20(26-18-25(27)23-10-6-3-7-11-23)12-13-21-14-16-24(17-15-21)28-19-22-8-4-2-5-9-22/h2-11,14-17,20,25-27H,12-13,18-19H2,1H3/t20-,25?/m1/s1. The van der Waals surface area contributed by atoms with Crippen molar-refractivity contribution in [2.45, 2.75) is 38.5 Å². The summed E-state index contributed by atoms with van der Waals surface area (Å²) >= 11 is 0. The molecule has 0 aliphatic rings. The summed E-state index contributed by atoms with van der Waals surface area (Å²) in [6, 6.07) is 28.7. The van der Waals surface area contributed by atoms with E-state index in [2.05, 4.69) is 36.5 Å². The van der Waals surface area contributed by atoms with Crippen molar-refractivity contribution in [3.63, 3.8) is 0 Å². The summed E-state index contributed by atoms with van der Waals surface area (Å²) in [7, 11) is 0. The molecule has 0 fully saturated rings. The van der Waals surface area contributed by atoms with Crippen LogP contribution in [0, 0.1) is 0 Å². The van der Waals surface area contributed by atoms with E-state index >= 15 is 0 Å². The van der Waals surface area contributed by atoms with Crippen molar-refractivity contribution in [3.8, 4) is 5.75 Å². The van der Waals surface area contributed by atoms with Crippen molar-refractivity contribution in [1.82, 2.24) is 5.32 Å². The smallest absolute Gasteiger partial charge is 0.119 e. The second-order valence-corrected chi connectivity index (χ2v) is 7.19. The first-order valence-electron chi connectivity index (χ1n) is 9.93. The van der Waals surface area contributed by atoms with Gasteiger partial charge in [0.05, 0.1) is 6.10 Å². The summed E-state index contributed by atoms with van der Waals surface area (Å²) in [5.41, 5.74) is 3.42. The summed E-state index contributed by atoms with van der Waals surface area (Å²) in [4.78, 5) is 0. The van der Waals surface area contributed by atoms with Crippen molar-refractivity contribution in [2.24, 2.45) is 0 Å². The molecular weight excluding hydrogens is 346 g/mol. The van der Waals surface area contributed by atoms with Gasteiger partial charge in [-0.1, -0.05) is 72.8 Å². The van der Waals surface area contributed by atoms with Crippen LogP contribution >= 0.6 is 0 Å². The van der Waals surface area contributed by atoms with Crippen LogP contribution in [0.3, 0.4) is 0 Å². The lowest BCUT2D eigenvalue weighted by Gasteiger charge is -2.17. The van der Waals surface area contributed by atoms with Gasteiger partial charge in [0.1, 0.15) is 12.4 Å². The summed E-state index contributed by atoms with van der Waals surface area (Å²) < 4.78 is 5.84. The van der Waals surface area contributed by atoms with Crippen molar-refractivity contribution in [2.75, 3.05) is 6.54 Å². The fourth-order valence-corrected chi connectivity index (χ4v) is 3.08. The Kier molecular flexibility index (Phi) is 7.65. The molecule has 2 N–H and O–H groups in total. The van der Waals surface area contributed by atoms with E-state index in [1.807, 2.05) is 60.7 Å². The molecule has 0 aliphatic heterocycles. The van der Waals surface area contributed by atoms with Crippen LogP contribution in [-0.2, 0) is 13.0 Å². The Morgan fingerprint density at radius 3 is 2.14 bits per heavy atom. The second kappa shape index (κ2) is 10.6. The van der Waals surface area contributed by atoms with E-state index in [-0.39, 0.29) is 0 Å². The van der Waals surface area contributed by atoms with Gasteiger partial charge in [-0.25, -0.2) is 0 Å². The molecule has 0 spiro atoms. The summed E-state index contributed by atoms with van der Waals surface area (Å²) in [5.74, 6) is 0.893. The number of nitrogens with one attached hydrogen (secondary N) is 1. The second-order valence-electron chi connectivity index (χ2n) is 7.19. The molecule has 0 saturated heterocycles. The van der Waals surface area contributed by atoms with Gasteiger partial charge in [0.2, 0.25) is 0 Å². The van der Waals surface area contributed by atoms with Crippen LogP contribution < -0.4 is 10.1 Å². The fourth-order valence-electron chi connectivity index (χ4n) is 3.08. The SMILES string of the molecule is C[C@H](CCc1ccc(OCc2ccccc2)cc1)NCC(O)c1ccccc1. The van der Waals surface area contributed by atoms with Crippen LogP contribution in [0.15, 0.2) is 84.9 Å². The zero-order valence-electron chi connectivity index (χ0n) is 16.4. The quantitative estimate of drug-likeness (QED) is 0.529. The van der Waals surface area contributed by atoms with Crippen molar-refractivity contribution in [3.05, 3.63) is 102 Å². The van der Waals surface area contributed by atoms with E-state index < -0.39 is 6.10 Å². The maximum Gasteiger partial charge on any atom is 0.119 e. The average Bonchev–Trinajstić information content (AvgIpc) is 2.76. The number of aliphatic hydroxyl groups excluding tert-OH is 1. The van der Waals surface area contributed by atoms with Crippen LogP contribution in [0.25, 0.3) is 0 Å². The number of rotatable bonds is 10. The third kappa shape index (κ3) is 6.52. The Morgan fingerprint density at radius 2 is 1.46 bits per heavy atom. The molecule has 3 rings (SSSR count). The molecule has 0 aliphatic carbocycles. The first-order chi connectivity index (χ1) is 13.7. The zero-order chi connectivity index (χ0) is 19.6. The summed E-state index contributed by atoms with van der Waals surface area (Å²) in [6.07, 6.45) is 1.55. The van der Waals surface area contributed by atoms with Gasteiger partial charge in [0, 0.05) is 12.6 Å². The van der Waals surface area contributed by atoms with Crippen LogP contribution in [0.5, 0.6) is 5.75 Å². The number of benzene rings is 3. The Labute approximate surface area is 168 Å². The van der Waals surface area contributed by atoms with Gasteiger partial charge >= 0.3 is 0 Å². The lowest BCUT2D eigenvalue weighted by atomic mass is 10.1. The lowest BCUT2D eigenvalue weighted by molar-refractivity contribution is 0.170. The molecule has 3 aromatic carbocycles. The maximum atomic E-state index is 10.2. The van der Waals surface area contributed by atoms with E-state index in [4.69, 9.17) is 4.74 Å². The molecule has 3 heteroatoms. The Balaban J connectivity index is 1.38. The first kappa shape index (κ1) is 20.1. The molecule has 0 amide bonds. The van der Waals surface area contributed by atoms with Crippen molar-refractivity contribution >= 4 is 0 Å². The zero-order valence-corrected chi connectivity index (χ0v) is 16.4. The Hall–Kier alpha value is -2.62. The van der Waals surface area contributed by atoms with Crippen LogP contribution in [0.1, 0.15) is 36.1 Å². The molecule has 2 atom stereocenters.